The lowest BCUT2D eigenvalue weighted by Gasteiger charge is -2.13. The molecule has 0 saturated carbocycles. The quantitative estimate of drug-likeness (QED) is 0.741. The number of nitrogens with one attached hydrogen (secondary N) is 1. The molecule has 1 amide bonds. The third kappa shape index (κ3) is 6.03. The van der Waals surface area contributed by atoms with E-state index in [4.69, 9.17) is 14.2 Å². The number of carbonyl (C=O) groups excluding carboxylic acids is 1. The van der Waals surface area contributed by atoms with E-state index in [1.54, 1.807) is 18.2 Å². The Morgan fingerprint density at radius 3 is 2.44 bits per heavy atom. The highest BCUT2D eigenvalue weighted by Gasteiger charge is 2.09. The number of benzene rings is 2. The zero-order valence-electron chi connectivity index (χ0n) is 15.0. The van der Waals surface area contributed by atoms with E-state index in [-0.39, 0.29) is 12.3 Å². The summed E-state index contributed by atoms with van der Waals surface area (Å²) in [5, 5.41) is 2.85. The molecule has 0 radical (unpaired) electrons. The topological polar surface area (TPSA) is 56.8 Å². The molecule has 0 aliphatic heterocycles. The summed E-state index contributed by atoms with van der Waals surface area (Å²) in [6.45, 7) is 7.24. The van der Waals surface area contributed by atoms with Crippen LogP contribution in [-0.2, 0) is 4.79 Å². The molecule has 2 aromatic rings. The SMILES string of the molecule is CCOc1ccc(NC(=O)CCOc2cccc(C)c2)cc1OCC. The van der Waals surface area contributed by atoms with Crippen molar-refractivity contribution in [2.75, 3.05) is 25.1 Å². The van der Waals surface area contributed by atoms with E-state index in [1.165, 1.54) is 0 Å². The van der Waals surface area contributed by atoms with Gasteiger partial charge in [0, 0.05) is 11.8 Å². The summed E-state index contributed by atoms with van der Waals surface area (Å²) >= 11 is 0. The summed E-state index contributed by atoms with van der Waals surface area (Å²) in [4.78, 5) is 12.1. The van der Waals surface area contributed by atoms with Crippen molar-refractivity contribution in [2.24, 2.45) is 0 Å². The third-order valence-electron chi connectivity index (χ3n) is 3.41. The van der Waals surface area contributed by atoms with Crippen molar-refractivity contribution in [3.05, 3.63) is 48.0 Å². The molecule has 0 aromatic heterocycles. The summed E-state index contributed by atoms with van der Waals surface area (Å²) in [6.07, 6.45) is 0.269. The largest absolute Gasteiger partial charge is 0.493 e. The summed E-state index contributed by atoms with van der Waals surface area (Å²) in [7, 11) is 0. The monoisotopic (exact) mass is 343 g/mol. The van der Waals surface area contributed by atoms with Gasteiger partial charge in [-0.05, 0) is 50.6 Å². The second kappa shape index (κ2) is 9.57. The van der Waals surface area contributed by atoms with E-state index in [2.05, 4.69) is 5.32 Å². The maximum Gasteiger partial charge on any atom is 0.227 e. The first kappa shape index (κ1) is 18.6. The van der Waals surface area contributed by atoms with E-state index in [0.29, 0.717) is 37.0 Å². The first-order valence-corrected chi connectivity index (χ1v) is 8.51. The van der Waals surface area contributed by atoms with Crippen LogP contribution in [0.3, 0.4) is 0 Å². The molecule has 134 valence electrons. The standard InChI is InChI=1S/C20H25NO4/c1-4-23-18-10-9-16(14-19(18)24-5-2)21-20(22)11-12-25-17-8-6-7-15(3)13-17/h6-10,13-14H,4-5,11-12H2,1-3H3,(H,21,22). The molecule has 0 spiro atoms. The number of anilines is 1. The normalized spacial score (nSPS) is 10.2. The van der Waals surface area contributed by atoms with E-state index in [0.717, 1.165) is 11.3 Å². The van der Waals surface area contributed by atoms with Crippen LogP contribution in [0.2, 0.25) is 0 Å². The van der Waals surface area contributed by atoms with Gasteiger partial charge in [-0.15, -0.1) is 0 Å². The number of rotatable bonds is 9. The molecule has 0 fully saturated rings. The number of amides is 1. The molecule has 0 heterocycles. The average Bonchev–Trinajstić information content (AvgIpc) is 2.58. The highest BCUT2D eigenvalue weighted by atomic mass is 16.5. The van der Waals surface area contributed by atoms with Crippen LogP contribution in [0.15, 0.2) is 42.5 Å². The Hall–Kier alpha value is -2.69. The minimum atomic E-state index is -0.112. The Kier molecular flexibility index (Phi) is 7.14. The van der Waals surface area contributed by atoms with Gasteiger partial charge in [0.1, 0.15) is 5.75 Å². The van der Waals surface area contributed by atoms with E-state index in [1.807, 2.05) is 45.0 Å². The van der Waals surface area contributed by atoms with Crippen molar-refractivity contribution in [1.29, 1.82) is 0 Å². The number of ether oxygens (including phenoxy) is 3. The molecule has 2 aromatic carbocycles. The fraction of sp³-hybridized carbons (Fsp3) is 0.350. The number of aryl methyl sites for hydroxylation is 1. The second-order valence-electron chi connectivity index (χ2n) is 5.49. The Morgan fingerprint density at radius 1 is 0.960 bits per heavy atom. The van der Waals surface area contributed by atoms with Crippen LogP contribution < -0.4 is 19.5 Å². The van der Waals surface area contributed by atoms with E-state index < -0.39 is 0 Å². The molecular formula is C20H25NO4. The van der Waals surface area contributed by atoms with Crippen molar-refractivity contribution in [1.82, 2.24) is 0 Å². The molecule has 0 aliphatic rings. The van der Waals surface area contributed by atoms with Crippen molar-refractivity contribution in [2.45, 2.75) is 27.2 Å². The summed E-state index contributed by atoms with van der Waals surface area (Å²) in [6, 6.07) is 13.1. The van der Waals surface area contributed by atoms with Gasteiger partial charge in [-0.3, -0.25) is 4.79 Å². The lowest BCUT2D eigenvalue weighted by atomic mass is 10.2. The zero-order chi connectivity index (χ0) is 18.1. The van der Waals surface area contributed by atoms with Crippen molar-refractivity contribution in [3.63, 3.8) is 0 Å². The van der Waals surface area contributed by atoms with Gasteiger partial charge in [-0.1, -0.05) is 12.1 Å². The highest BCUT2D eigenvalue weighted by molar-refractivity contribution is 5.91. The Morgan fingerprint density at radius 2 is 1.72 bits per heavy atom. The first-order valence-electron chi connectivity index (χ1n) is 8.51. The van der Waals surface area contributed by atoms with Crippen LogP contribution in [0.25, 0.3) is 0 Å². The third-order valence-corrected chi connectivity index (χ3v) is 3.41. The predicted octanol–water partition coefficient (Wildman–Crippen LogP) is 4.20. The molecule has 0 unspecified atom stereocenters. The van der Waals surface area contributed by atoms with Crippen LogP contribution in [0.5, 0.6) is 17.2 Å². The van der Waals surface area contributed by atoms with Crippen LogP contribution in [0.1, 0.15) is 25.8 Å². The zero-order valence-corrected chi connectivity index (χ0v) is 15.0. The molecule has 0 aliphatic carbocycles. The second-order valence-corrected chi connectivity index (χ2v) is 5.49. The Balaban J connectivity index is 1.88. The Bertz CT molecular complexity index is 700. The van der Waals surface area contributed by atoms with Crippen molar-refractivity contribution in [3.8, 4) is 17.2 Å². The van der Waals surface area contributed by atoms with Crippen LogP contribution in [-0.4, -0.2) is 25.7 Å². The maximum atomic E-state index is 12.1. The number of carbonyl (C=O) groups is 1. The highest BCUT2D eigenvalue weighted by Crippen LogP contribution is 2.30. The predicted molar refractivity (Wildman–Crippen MR) is 98.7 cm³/mol. The molecule has 0 atom stereocenters. The molecular weight excluding hydrogens is 318 g/mol. The van der Waals surface area contributed by atoms with Crippen LogP contribution in [0.4, 0.5) is 5.69 Å². The van der Waals surface area contributed by atoms with Gasteiger partial charge in [0.05, 0.1) is 26.2 Å². The minimum Gasteiger partial charge on any atom is -0.493 e. The summed E-state index contributed by atoms with van der Waals surface area (Å²) in [5.41, 5.74) is 1.80. The van der Waals surface area contributed by atoms with Gasteiger partial charge in [-0.25, -0.2) is 0 Å². The smallest absolute Gasteiger partial charge is 0.227 e. The molecule has 0 saturated heterocycles. The fourth-order valence-electron chi connectivity index (χ4n) is 2.32. The molecule has 1 N–H and O–H groups in total. The number of hydrogen-bond donors (Lipinski definition) is 1. The van der Waals surface area contributed by atoms with Gasteiger partial charge in [0.15, 0.2) is 11.5 Å². The lowest BCUT2D eigenvalue weighted by Crippen LogP contribution is -2.15. The molecule has 5 nitrogen and oxygen atoms in total. The number of hydrogen-bond acceptors (Lipinski definition) is 4. The van der Waals surface area contributed by atoms with Crippen molar-refractivity contribution >= 4 is 11.6 Å². The average molecular weight is 343 g/mol. The molecule has 0 bridgehead atoms. The van der Waals surface area contributed by atoms with Gasteiger partial charge in [0.25, 0.3) is 0 Å². The Labute approximate surface area is 148 Å². The first-order chi connectivity index (χ1) is 12.1. The van der Waals surface area contributed by atoms with Crippen LogP contribution >= 0.6 is 0 Å². The van der Waals surface area contributed by atoms with E-state index >= 15 is 0 Å². The summed E-state index contributed by atoms with van der Waals surface area (Å²) in [5.74, 6) is 1.95. The minimum absolute atomic E-state index is 0.112. The lowest BCUT2D eigenvalue weighted by molar-refractivity contribution is -0.116. The molecule has 5 heteroatoms. The van der Waals surface area contributed by atoms with Gasteiger partial charge < -0.3 is 19.5 Å². The fourth-order valence-corrected chi connectivity index (χ4v) is 2.32. The van der Waals surface area contributed by atoms with Crippen LogP contribution in [0, 0.1) is 6.92 Å². The molecule has 2 rings (SSSR count). The van der Waals surface area contributed by atoms with E-state index in [9.17, 15) is 4.79 Å². The van der Waals surface area contributed by atoms with Gasteiger partial charge in [-0.2, -0.15) is 0 Å². The maximum absolute atomic E-state index is 12.1. The van der Waals surface area contributed by atoms with Gasteiger partial charge in [0.2, 0.25) is 5.91 Å². The van der Waals surface area contributed by atoms with Gasteiger partial charge >= 0.3 is 0 Å². The molecule has 25 heavy (non-hydrogen) atoms. The summed E-state index contributed by atoms with van der Waals surface area (Å²) < 4.78 is 16.7. The van der Waals surface area contributed by atoms with Crippen molar-refractivity contribution < 1.29 is 19.0 Å².